The summed E-state index contributed by atoms with van der Waals surface area (Å²) in [6, 6.07) is 2.68. The molecular formula is C13H11BrCl2N4O3S. The van der Waals surface area contributed by atoms with Crippen molar-refractivity contribution in [3.8, 4) is 0 Å². The lowest BCUT2D eigenvalue weighted by molar-refractivity contribution is 0.00569. The number of quaternary nitrogens is 1. The van der Waals surface area contributed by atoms with Crippen LogP contribution in [0.25, 0.3) is 0 Å². The molecule has 0 bridgehead atoms. The van der Waals surface area contributed by atoms with Gasteiger partial charge in [0.15, 0.2) is 0 Å². The molecule has 2 aromatic rings. The number of ether oxygens (including phenoxy) is 1. The van der Waals surface area contributed by atoms with Gasteiger partial charge in [0.1, 0.15) is 17.0 Å². The number of nitrogens with zero attached hydrogens (tertiary/aromatic N) is 4. The molecule has 2 aromatic heterocycles. The second kappa shape index (κ2) is 6.83. The maximum absolute atomic E-state index is 13.2. The van der Waals surface area contributed by atoms with Crippen LogP contribution in [0.15, 0.2) is 22.1 Å². The summed E-state index contributed by atoms with van der Waals surface area (Å²) in [5.74, 6) is -0.685. The minimum absolute atomic E-state index is 0.0738. The maximum Gasteiger partial charge on any atom is 0.342 e. The number of aromatic nitrogens is 2. The van der Waals surface area contributed by atoms with Gasteiger partial charge in [-0.05, 0) is 46.4 Å². The molecule has 0 aromatic carbocycles. The number of carbonyl (C=O) groups excluding carboxylic acids is 1. The Labute approximate surface area is 160 Å². The zero-order valence-corrected chi connectivity index (χ0v) is 16.2. The van der Waals surface area contributed by atoms with Gasteiger partial charge in [-0.2, -0.15) is 4.98 Å². The van der Waals surface area contributed by atoms with Gasteiger partial charge in [-0.1, -0.05) is 23.2 Å². The van der Waals surface area contributed by atoms with Gasteiger partial charge in [0.05, 0.1) is 22.1 Å². The lowest BCUT2D eigenvalue weighted by Gasteiger charge is -2.38. The number of pyridine rings is 1. The van der Waals surface area contributed by atoms with Crippen LogP contribution in [-0.2, 0) is 4.74 Å². The van der Waals surface area contributed by atoms with Crippen molar-refractivity contribution in [2.24, 2.45) is 0 Å². The van der Waals surface area contributed by atoms with E-state index in [4.69, 9.17) is 27.9 Å². The number of rotatable bonds is 3. The van der Waals surface area contributed by atoms with E-state index in [0.29, 0.717) is 11.7 Å². The highest BCUT2D eigenvalue weighted by molar-refractivity contribution is 9.11. The summed E-state index contributed by atoms with van der Waals surface area (Å²) in [5, 5.41) is 13.7. The van der Waals surface area contributed by atoms with Crippen LogP contribution in [0.1, 0.15) is 10.4 Å². The molecule has 128 valence electrons. The van der Waals surface area contributed by atoms with Crippen LogP contribution in [0.2, 0.25) is 10.3 Å². The van der Waals surface area contributed by atoms with Crippen LogP contribution < -0.4 is 4.65 Å². The molecule has 0 radical (unpaired) electrons. The van der Waals surface area contributed by atoms with Crippen LogP contribution >= 0.6 is 50.5 Å². The number of hydroxylamine groups is 2. The Kier molecular flexibility index (Phi) is 5.12. The second-order valence-electron chi connectivity index (χ2n) is 5.28. The van der Waals surface area contributed by atoms with Gasteiger partial charge < -0.3 is 9.94 Å². The zero-order valence-electron chi connectivity index (χ0n) is 12.3. The van der Waals surface area contributed by atoms with Crippen molar-refractivity contribution in [3.63, 3.8) is 0 Å². The minimum atomic E-state index is -0.939. The highest BCUT2D eigenvalue weighted by Crippen LogP contribution is 2.36. The molecule has 3 heterocycles. The van der Waals surface area contributed by atoms with Gasteiger partial charge in [0.2, 0.25) is 0 Å². The highest BCUT2D eigenvalue weighted by atomic mass is 79.9. The summed E-state index contributed by atoms with van der Waals surface area (Å²) < 4.78 is 5.32. The van der Waals surface area contributed by atoms with Crippen molar-refractivity contribution in [1.29, 1.82) is 0 Å². The van der Waals surface area contributed by atoms with E-state index >= 15 is 0 Å². The molecule has 24 heavy (non-hydrogen) atoms. The first-order valence-electron chi connectivity index (χ1n) is 6.71. The summed E-state index contributed by atoms with van der Waals surface area (Å²) in [7, 11) is 1.78. The topological polar surface area (TPSA) is 78.4 Å². The fraction of sp³-hybridized carbons (Fsp3) is 0.308. The normalized spacial score (nSPS) is 24.3. The summed E-state index contributed by atoms with van der Waals surface area (Å²) >= 11 is 16.1. The molecule has 2 unspecified atom stereocenters. The Morgan fingerprint density at radius 2 is 2.17 bits per heavy atom. The van der Waals surface area contributed by atoms with Crippen LogP contribution in [0, 0.1) is 5.21 Å². The lowest BCUT2D eigenvalue weighted by atomic mass is 10.3. The van der Waals surface area contributed by atoms with Crippen LogP contribution in [-0.4, -0.2) is 47.3 Å². The SMILES string of the molecule is CN1CC(OC(=O)c2cc(Cl)nc(Cl)c2)[N+]([O-])(c2ncc(Br)s2)C1. The molecule has 0 saturated carbocycles. The molecule has 1 fully saturated rings. The first-order valence-corrected chi connectivity index (χ1v) is 9.08. The lowest BCUT2D eigenvalue weighted by Crippen LogP contribution is -2.50. The molecular weight excluding hydrogens is 443 g/mol. The first kappa shape index (κ1) is 18.0. The minimum Gasteiger partial charge on any atom is -0.622 e. The molecule has 1 aliphatic rings. The van der Waals surface area contributed by atoms with Crippen LogP contribution in [0.5, 0.6) is 0 Å². The average molecular weight is 454 g/mol. The zero-order chi connectivity index (χ0) is 17.5. The number of halogens is 3. The predicted octanol–water partition coefficient (Wildman–Crippen LogP) is 3.50. The molecule has 0 spiro atoms. The molecule has 2 atom stereocenters. The maximum atomic E-state index is 13.2. The summed E-state index contributed by atoms with van der Waals surface area (Å²) in [4.78, 5) is 22.1. The van der Waals surface area contributed by atoms with Gasteiger partial charge in [-0.3, -0.25) is 4.65 Å². The van der Waals surface area contributed by atoms with E-state index in [9.17, 15) is 10.0 Å². The molecule has 0 amide bonds. The van der Waals surface area contributed by atoms with E-state index in [1.54, 1.807) is 18.1 Å². The smallest absolute Gasteiger partial charge is 0.342 e. The fourth-order valence-electron chi connectivity index (χ4n) is 2.41. The third kappa shape index (κ3) is 3.57. The van der Waals surface area contributed by atoms with E-state index in [-0.39, 0.29) is 22.5 Å². The van der Waals surface area contributed by atoms with E-state index in [1.807, 2.05) is 0 Å². The molecule has 3 rings (SSSR count). The van der Waals surface area contributed by atoms with Crippen molar-refractivity contribution >= 4 is 61.6 Å². The van der Waals surface area contributed by atoms with Gasteiger partial charge in [-0.15, -0.1) is 0 Å². The first-order chi connectivity index (χ1) is 11.3. The number of esters is 1. The van der Waals surface area contributed by atoms with E-state index in [1.165, 1.54) is 23.5 Å². The summed E-state index contributed by atoms with van der Waals surface area (Å²) in [6.45, 7) is 0.425. The predicted molar refractivity (Wildman–Crippen MR) is 95.9 cm³/mol. The van der Waals surface area contributed by atoms with Gasteiger partial charge in [0.25, 0.3) is 11.4 Å². The van der Waals surface area contributed by atoms with Crippen molar-refractivity contribution < 1.29 is 9.53 Å². The Morgan fingerprint density at radius 1 is 1.50 bits per heavy atom. The third-order valence-electron chi connectivity index (χ3n) is 3.42. The Balaban J connectivity index is 1.85. The highest BCUT2D eigenvalue weighted by Gasteiger charge is 2.45. The molecule has 7 nitrogen and oxygen atoms in total. The molecule has 0 N–H and O–H groups in total. The van der Waals surface area contributed by atoms with Gasteiger partial charge >= 0.3 is 5.97 Å². The number of carbonyl (C=O) groups is 1. The van der Waals surface area contributed by atoms with Gasteiger partial charge in [-0.25, -0.2) is 14.7 Å². The Bertz CT molecular complexity index is 772. The van der Waals surface area contributed by atoms with Crippen molar-refractivity contribution in [2.45, 2.75) is 6.23 Å². The number of hydrogen-bond donors (Lipinski definition) is 0. The Hall–Kier alpha value is -0.810. The van der Waals surface area contributed by atoms with Crippen molar-refractivity contribution in [1.82, 2.24) is 19.5 Å². The van der Waals surface area contributed by atoms with Crippen molar-refractivity contribution in [2.75, 3.05) is 20.3 Å². The fourth-order valence-corrected chi connectivity index (χ4v) is 4.12. The summed E-state index contributed by atoms with van der Waals surface area (Å²) in [6.07, 6.45) is 0.614. The second-order valence-corrected chi connectivity index (χ2v) is 8.45. The summed E-state index contributed by atoms with van der Waals surface area (Å²) in [5.41, 5.74) is 0.140. The van der Waals surface area contributed by atoms with Crippen molar-refractivity contribution in [3.05, 3.63) is 43.2 Å². The van der Waals surface area contributed by atoms with E-state index in [0.717, 1.165) is 3.79 Å². The third-order valence-corrected chi connectivity index (χ3v) is 5.39. The number of thiazole rings is 1. The molecule has 1 aliphatic heterocycles. The molecule has 0 aliphatic carbocycles. The largest absolute Gasteiger partial charge is 0.622 e. The van der Waals surface area contributed by atoms with E-state index < -0.39 is 16.8 Å². The number of likely N-dealkylation sites (N-methyl/N-ethyl adjacent to an activating group) is 1. The standard InChI is InChI=1S/C13H11BrCl2N4O3S/c1-19-5-11(20(22,6-19)13-17-4-8(14)24-13)23-12(21)7-2-9(15)18-10(16)3-7/h2-4,11H,5-6H2,1H3. The van der Waals surface area contributed by atoms with Crippen LogP contribution in [0.4, 0.5) is 5.13 Å². The molecule has 11 heteroatoms. The molecule has 1 saturated heterocycles. The van der Waals surface area contributed by atoms with Crippen LogP contribution in [0.3, 0.4) is 0 Å². The monoisotopic (exact) mass is 452 g/mol. The number of hydrogen-bond acceptors (Lipinski definition) is 7. The van der Waals surface area contributed by atoms with E-state index in [2.05, 4.69) is 25.9 Å². The average Bonchev–Trinajstić information content (AvgIpc) is 3.03. The Morgan fingerprint density at radius 3 is 2.75 bits per heavy atom. The van der Waals surface area contributed by atoms with Gasteiger partial charge in [0, 0.05) is 0 Å². The quantitative estimate of drug-likeness (QED) is 0.306.